The van der Waals surface area contributed by atoms with Gasteiger partial charge in [-0.05, 0) is 93.1 Å². The van der Waals surface area contributed by atoms with Crippen LogP contribution in [-0.2, 0) is 10.8 Å². The second kappa shape index (κ2) is 17.6. The van der Waals surface area contributed by atoms with E-state index < -0.39 is 0 Å². The van der Waals surface area contributed by atoms with E-state index in [1.165, 1.54) is 22.3 Å². The molecule has 14 aromatic rings. The summed E-state index contributed by atoms with van der Waals surface area (Å²) in [4.78, 5) is 4.70. The molecule has 0 N–H and O–H groups in total. The molecule has 0 aliphatic heterocycles. The molecule has 77 heavy (non-hydrogen) atoms. The van der Waals surface area contributed by atoms with Crippen LogP contribution in [0.5, 0.6) is 0 Å². The van der Waals surface area contributed by atoms with Gasteiger partial charge in [-0.15, -0.1) is 0 Å². The summed E-state index contributed by atoms with van der Waals surface area (Å²) in [6.45, 7) is 13.5. The van der Waals surface area contributed by atoms with Crippen molar-refractivity contribution < 1.29 is 13.3 Å². The number of hydrogen-bond donors (Lipinski definition) is 0. The van der Waals surface area contributed by atoms with Gasteiger partial charge in [-0.2, -0.15) is 0 Å². The van der Waals surface area contributed by atoms with Gasteiger partial charge in [0, 0.05) is 72.0 Å². The summed E-state index contributed by atoms with van der Waals surface area (Å²) in [6, 6.07) is 82.5. The predicted molar refractivity (Wildman–Crippen MR) is 323 cm³/mol. The molecule has 0 spiro atoms. The van der Waals surface area contributed by atoms with Gasteiger partial charge in [-0.3, -0.25) is 0 Å². The van der Waals surface area contributed by atoms with Gasteiger partial charge in [-0.1, -0.05) is 211 Å². The Kier molecular flexibility index (Phi) is 10.6. The second-order valence-corrected chi connectivity index (χ2v) is 22.5. The number of fused-ring (bicyclic) bond motifs is 11. The lowest BCUT2D eigenvalue weighted by Crippen LogP contribution is -2.11. The number of hydrogen-bond acceptors (Lipinski definition) is 5. The first-order valence-electron chi connectivity index (χ1n) is 26.6. The third kappa shape index (κ3) is 7.67. The summed E-state index contributed by atoms with van der Waals surface area (Å²) < 4.78 is 21.3. The van der Waals surface area contributed by atoms with E-state index in [0.29, 0.717) is 0 Å². The first-order chi connectivity index (χ1) is 37.5. The maximum Gasteiger partial charge on any atom is 0.159 e. The molecule has 0 fully saturated rings. The van der Waals surface area contributed by atoms with E-state index in [2.05, 4.69) is 282 Å². The second-order valence-electron chi connectivity index (χ2n) is 22.5. The highest BCUT2D eigenvalue weighted by molar-refractivity contribution is 6.24. The molecule has 0 unspecified atom stereocenters. The zero-order valence-corrected chi connectivity index (χ0v) is 44.1. The van der Waals surface area contributed by atoms with Crippen molar-refractivity contribution in [2.45, 2.75) is 52.4 Å². The van der Waals surface area contributed by atoms with Crippen LogP contribution in [0.15, 0.2) is 244 Å². The number of anilines is 6. The minimum absolute atomic E-state index is 0.114. The van der Waals surface area contributed by atoms with Crippen LogP contribution in [0.1, 0.15) is 52.7 Å². The summed E-state index contributed by atoms with van der Waals surface area (Å²) in [5, 5.41) is 8.60. The van der Waals surface area contributed by atoms with Gasteiger partial charge in [0.2, 0.25) is 0 Å². The Balaban J connectivity index is 0.988. The number of para-hydroxylation sites is 4. The fourth-order valence-electron chi connectivity index (χ4n) is 11.8. The fraction of sp³-hybridized carbons (Fsp3) is 0.111. The zero-order chi connectivity index (χ0) is 52.2. The molecular formula is C72H56N2O3. The maximum absolute atomic E-state index is 7.13. The molecule has 0 saturated heterocycles. The van der Waals surface area contributed by atoms with Crippen LogP contribution in [0, 0.1) is 0 Å². The molecule has 0 radical (unpaired) electrons. The zero-order valence-electron chi connectivity index (χ0n) is 44.1. The molecule has 0 aliphatic rings. The molecule has 5 nitrogen and oxygen atoms in total. The van der Waals surface area contributed by atoms with Crippen LogP contribution in [0.25, 0.3) is 98.8 Å². The largest absolute Gasteiger partial charge is 0.456 e. The van der Waals surface area contributed by atoms with Gasteiger partial charge in [0.15, 0.2) is 11.2 Å². The van der Waals surface area contributed by atoms with Gasteiger partial charge >= 0.3 is 0 Å². The molecule has 0 amide bonds. The van der Waals surface area contributed by atoms with Gasteiger partial charge in [0.25, 0.3) is 0 Å². The Hall–Kier alpha value is -9.32. The molecule has 5 heteroatoms. The topological polar surface area (TPSA) is 45.9 Å². The van der Waals surface area contributed by atoms with E-state index in [1.807, 2.05) is 0 Å². The average Bonchev–Trinajstić information content (AvgIpc) is 4.35. The van der Waals surface area contributed by atoms with E-state index in [1.54, 1.807) is 0 Å². The molecule has 0 bridgehead atoms. The average molecular weight is 997 g/mol. The third-order valence-corrected chi connectivity index (χ3v) is 15.5. The van der Waals surface area contributed by atoms with Crippen LogP contribution >= 0.6 is 0 Å². The van der Waals surface area contributed by atoms with Crippen molar-refractivity contribution in [3.63, 3.8) is 0 Å². The maximum atomic E-state index is 7.13. The predicted octanol–water partition coefficient (Wildman–Crippen LogP) is 21.4. The summed E-state index contributed by atoms with van der Waals surface area (Å²) >= 11 is 0. The van der Waals surface area contributed by atoms with Gasteiger partial charge in [0.05, 0.1) is 17.1 Å². The molecule has 14 rings (SSSR count). The molecule has 0 saturated carbocycles. The first kappa shape index (κ1) is 46.2. The lowest BCUT2D eigenvalue weighted by molar-refractivity contribution is 0.572. The standard InChI is InChI=1S/C72H56N2O3/c1-71(2,3)59-29-15-25-54-56-27-17-31-61(69(56)76-67(54)59)73(49-37-33-47(34-38-49)45-19-9-7-10-20-45)51-41-42-64-58(43-51)66-53-24-14-13-23-52(53)63(44-65(66)75-64)74(50-39-35-48(36-40-50)46-21-11-8-12-22-46)62-32-18-28-57-55-26-16-30-60(72(4,5)6)68(55)77-70(57)62/h7-44H,1-6H3. The Bertz CT molecular complexity index is 4570. The van der Waals surface area contributed by atoms with Crippen LogP contribution in [0.3, 0.4) is 0 Å². The Morgan fingerprint density at radius 2 is 0.688 bits per heavy atom. The van der Waals surface area contributed by atoms with Gasteiger partial charge in [0.1, 0.15) is 22.3 Å². The van der Waals surface area contributed by atoms with Gasteiger partial charge < -0.3 is 23.1 Å². The fourth-order valence-corrected chi connectivity index (χ4v) is 11.8. The van der Waals surface area contributed by atoms with Crippen molar-refractivity contribution in [1.82, 2.24) is 0 Å². The van der Waals surface area contributed by atoms with Crippen molar-refractivity contribution in [3.05, 3.63) is 242 Å². The van der Waals surface area contributed by atoms with Crippen molar-refractivity contribution >= 4 is 111 Å². The molecule has 3 aromatic heterocycles. The van der Waals surface area contributed by atoms with E-state index in [4.69, 9.17) is 13.3 Å². The summed E-state index contributed by atoms with van der Waals surface area (Å²) in [5.74, 6) is 0. The smallest absolute Gasteiger partial charge is 0.159 e. The van der Waals surface area contributed by atoms with Crippen molar-refractivity contribution in [2.24, 2.45) is 0 Å². The van der Waals surface area contributed by atoms with Crippen molar-refractivity contribution in [1.29, 1.82) is 0 Å². The Morgan fingerprint density at radius 3 is 1.21 bits per heavy atom. The van der Waals surface area contributed by atoms with E-state index in [-0.39, 0.29) is 10.8 Å². The molecular weight excluding hydrogens is 941 g/mol. The first-order valence-corrected chi connectivity index (χ1v) is 26.6. The highest BCUT2D eigenvalue weighted by atomic mass is 16.3. The highest BCUT2D eigenvalue weighted by Crippen LogP contribution is 2.50. The Labute approximate surface area is 447 Å². The van der Waals surface area contributed by atoms with Crippen LogP contribution in [0.2, 0.25) is 0 Å². The Morgan fingerprint density at radius 1 is 0.273 bits per heavy atom. The van der Waals surface area contributed by atoms with Crippen molar-refractivity contribution in [3.8, 4) is 22.3 Å². The minimum Gasteiger partial charge on any atom is -0.456 e. The molecule has 372 valence electrons. The van der Waals surface area contributed by atoms with Crippen LogP contribution < -0.4 is 9.80 Å². The quantitative estimate of drug-likeness (QED) is 0.152. The monoisotopic (exact) mass is 996 g/mol. The minimum atomic E-state index is -0.121. The lowest BCUT2D eigenvalue weighted by atomic mass is 9.86. The molecule has 11 aromatic carbocycles. The van der Waals surface area contributed by atoms with E-state index in [9.17, 15) is 0 Å². The molecule has 0 aliphatic carbocycles. The van der Waals surface area contributed by atoms with E-state index in [0.717, 1.165) is 122 Å². The number of benzene rings is 11. The summed E-state index contributed by atoms with van der Waals surface area (Å²) in [6.07, 6.45) is 0. The highest BCUT2D eigenvalue weighted by Gasteiger charge is 2.28. The lowest BCUT2D eigenvalue weighted by Gasteiger charge is -2.27. The number of nitrogens with zero attached hydrogens (tertiary/aromatic N) is 2. The molecule has 0 atom stereocenters. The molecule has 3 heterocycles. The van der Waals surface area contributed by atoms with Crippen LogP contribution in [-0.4, -0.2) is 0 Å². The SMILES string of the molecule is CC(C)(C)c1cccc2c1oc1c(N(c3ccc(-c4ccccc4)cc3)c3ccc4oc5cc(N(c6ccc(-c7ccccc7)cc6)c6cccc7c6oc6c(C(C)(C)C)cccc67)c6ccccc6c5c4c3)cccc12. The normalized spacial score (nSPS) is 12.3. The summed E-state index contributed by atoms with van der Waals surface area (Å²) in [5.41, 5.74) is 17.7. The van der Waals surface area contributed by atoms with E-state index >= 15 is 0 Å². The summed E-state index contributed by atoms with van der Waals surface area (Å²) in [7, 11) is 0. The third-order valence-electron chi connectivity index (χ3n) is 15.5. The number of furan rings is 3. The number of rotatable bonds is 8. The van der Waals surface area contributed by atoms with Gasteiger partial charge in [-0.25, -0.2) is 0 Å². The van der Waals surface area contributed by atoms with Crippen molar-refractivity contribution in [2.75, 3.05) is 9.80 Å². The van der Waals surface area contributed by atoms with Crippen LogP contribution in [0.4, 0.5) is 34.1 Å².